The number of nitrogens with zero attached hydrogens (tertiary/aromatic N) is 1. The highest BCUT2D eigenvalue weighted by Crippen LogP contribution is 2.40. The summed E-state index contributed by atoms with van der Waals surface area (Å²) in [5.74, 6) is 1.01. The standard InChI is InChI=1S/C22H24ClNO4/c1-4-24(22(26)21(23)25)20-13-18(28-3)9-10-19(20)16-6-5-15-12-17(27-2)8-7-14(15)11-16/h7-10,12-13,16H,4-6,11H2,1-3H3. The van der Waals surface area contributed by atoms with E-state index in [1.54, 1.807) is 20.3 Å². The van der Waals surface area contributed by atoms with E-state index < -0.39 is 11.1 Å². The van der Waals surface area contributed by atoms with Crippen molar-refractivity contribution in [2.45, 2.75) is 32.1 Å². The number of hydrogen-bond acceptors (Lipinski definition) is 4. The van der Waals surface area contributed by atoms with Crippen molar-refractivity contribution in [2.75, 3.05) is 25.7 Å². The van der Waals surface area contributed by atoms with E-state index in [1.807, 2.05) is 25.1 Å². The lowest BCUT2D eigenvalue weighted by Crippen LogP contribution is -2.35. The molecule has 0 aliphatic heterocycles. The molecule has 0 fully saturated rings. The van der Waals surface area contributed by atoms with Crippen LogP contribution >= 0.6 is 11.6 Å². The number of aryl methyl sites for hydroxylation is 1. The third-order valence-corrected chi connectivity index (χ3v) is 5.50. The summed E-state index contributed by atoms with van der Waals surface area (Å²) >= 11 is 5.49. The Hall–Kier alpha value is -2.53. The van der Waals surface area contributed by atoms with E-state index in [0.29, 0.717) is 18.0 Å². The summed E-state index contributed by atoms with van der Waals surface area (Å²) < 4.78 is 10.7. The van der Waals surface area contributed by atoms with E-state index in [1.165, 1.54) is 16.0 Å². The number of benzene rings is 2. The third-order valence-electron chi connectivity index (χ3n) is 5.34. The average Bonchev–Trinajstić information content (AvgIpc) is 2.73. The molecule has 2 aromatic rings. The van der Waals surface area contributed by atoms with Crippen LogP contribution < -0.4 is 14.4 Å². The number of hydrogen-bond donors (Lipinski definition) is 0. The molecule has 0 heterocycles. The van der Waals surface area contributed by atoms with Crippen molar-refractivity contribution >= 4 is 28.4 Å². The maximum Gasteiger partial charge on any atom is 0.310 e. The zero-order valence-electron chi connectivity index (χ0n) is 16.3. The van der Waals surface area contributed by atoms with Crippen LogP contribution in [0.1, 0.15) is 36.0 Å². The second-order valence-corrected chi connectivity index (χ2v) is 7.17. The number of ether oxygens (including phenoxy) is 2. The van der Waals surface area contributed by atoms with Gasteiger partial charge in [-0.05, 0) is 78.6 Å². The number of methoxy groups -OCH3 is 2. The molecule has 0 saturated heterocycles. The maximum absolute atomic E-state index is 12.4. The molecule has 0 aromatic heterocycles. The summed E-state index contributed by atoms with van der Waals surface area (Å²) in [4.78, 5) is 25.3. The van der Waals surface area contributed by atoms with Crippen molar-refractivity contribution < 1.29 is 19.1 Å². The summed E-state index contributed by atoms with van der Waals surface area (Å²) in [6.07, 6.45) is 2.73. The number of likely N-dealkylation sites (N-methyl/N-ethyl adjacent to an activating group) is 1. The molecule has 3 rings (SSSR count). The second-order valence-electron chi connectivity index (χ2n) is 6.82. The first-order valence-electron chi connectivity index (χ1n) is 9.33. The molecule has 2 aromatic carbocycles. The van der Waals surface area contributed by atoms with Gasteiger partial charge < -0.3 is 14.4 Å². The molecule has 6 heteroatoms. The second kappa shape index (κ2) is 8.65. The van der Waals surface area contributed by atoms with Gasteiger partial charge in [0.05, 0.1) is 19.9 Å². The largest absolute Gasteiger partial charge is 0.497 e. The quantitative estimate of drug-likeness (QED) is 0.540. The smallest absolute Gasteiger partial charge is 0.310 e. The highest BCUT2D eigenvalue weighted by Gasteiger charge is 2.28. The normalized spacial score (nSPS) is 15.5. The topological polar surface area (TPSA) is 55.8 Å². The van der Waals surface area contributed by atoms with Gasteiger partial charge in [-0.2, -0.15) is 0 Å². The van der Waals surface area contributed by atoms with Gasteiger partial charge in [0.25, 0.3) is 0 Å². The van der Waals surface area contributed by atoms with Crippen LogP contribution in [0, 0.1) is 0 Å². The van der Waals surface area contributed by atoms with Gasteiger partial charge in [-0.1, -0.05) is 12.1 Å². The number of halogens is 1. The molecule has 0 spiro atoms. The molecular weight excluding hydrogens is 378 g/mol. The van der Waals surface area contributed by atoms with E-state index in [4.69, 9.17) is 21.1 Å². The molecule has 0 saturated carbocycles. The van der Waals surface area contributed by atoms with Crippen molar-refractivity contribution in [1.82, 2.24) is 0 Å². The minimum Gasteiger partial charge on any atom is -0.497 e. The monoisotopic (exact) mass is 401 g/mol. The van der Waals surface area contributed by atoms with Crippen LogP contribution in [0.25, 0.3) is 0 Å². The summed E-state index contributed by atoms with van der Waals surface area (Å²) in [6, 6.07) is 11.9. The highest BCUT2D eigenvalue weighted by molar-refractivity contribution is 6.82. The lowest BCUT2D eigenvalue weighted by Gasteiger charge is -2.30. The lowest BCUT2D eigenvalue weighted by molar-refractivity contribution is -0.131. The zero-order valence-corrected chi connectivity index (χ0v) is 17.1. The Bertz CT molecular complexity index is 896. The first kappa shape index (κ1) is 20.2. The molecule has 1 atom stereocenters. The molecule has 1 aliphatic rings. The zero-order chi connectivity index (χ0) is 20.3. The predicted molar refractivity (Wildman–Crippen MR) is 110 cm³/mol. The van der Waals surface area contributed by atoms with Gasteiger partial charge in [0.15, 0.2) is 0 Å². The van der Waals surface area contributed by atoms with Crippen molar-refractivity contribution in [1.29, 1.82) is 0 Å². The Balaban J connectivity index is 1.99. The van der Waals surface area contributed by atoms with Gasteiger partial charge in [0.2, 0.25) is 0 Å². The van der Waals surface area contributed by atoms with E-state index in [-0.39, 0.29) is 5.92 Å². The Morgan fingerprint density at radius 3 is 2.39 bits per heavy atom. The van der Waals surface area contributed by atoms with E-state index in [0.717, 1.165) is 30.6 Å². The van der Waals surface area contributed by atoms with Crippen LogP contribution in [0.15, 0.2) is 36.4 Å². The molecule has 1 amide bonds. The number of fused-ring (bicyclic) bond motifs is 1. The first-order valence-corrected chi connectivity index (χ1v) is 9.71. The number of carbonyl (C=O) groups excluding carboxylic acids is 2. The minimum absolute atomic E-state index is 0.231. The van der Waals surface area contributed by atoms with Gasteiger partial charge in [-0.3, -0.25) is 9.59 Å². The molecule has 0 radical (unpaired) electrons. The summed E-state index contributed by atoms with van der Waals surface area (Å²) in [5, 5.41) is -0.989. The van der Waals surface area contributed by atoms with Crippen LogP contribution in [0.4, 0.5) is 5.69 Å². The first-order chi connectivity index (χ1) is 13.5. The van der Waals surface area contributed by atoms with Crippen molar-refractivity contribution in [3.8, 4) is 11.5 Å². The molecule has 5 nitrogen and oxygen atoms in total. The number of anilines is 1. The minimum atomic E-state index is -0.989. The van der Waals surface area contributed by atoms with Crippen LogP contribution in [0.5, 0.6) is 11.5 Å². The van der Waals surface area contributed by atoms with Gasteiger partial charge in [0.1, 0.15) is 11.5 Å². The Labute approximate surface area is 170 Å². The van der Waals surface area contributed by atoms with Crippen molar-refractivity contribution in [3.05, 3.63) is 53.1 Å². The molecule has 28 heavy (non-hydrogen) atoms. The van der Waals surface area contributed by atoms with Crippen LogP contribution in [-0.4, -0.2) is 31.9 Å². The molecule has 0 N–H and O–H groups in total. The number of amides is 1. The predicted octanol–water partition coefficient (Wildman–Crippen LogP) is 4.09. The summed E-state index contributed by atoms with van der Waals surface area (Å²) in [6.45, 7) is 2.17. The van der Waals surface area contributed by atoms with Gasteiger partial charge in [-0.25, -0.2) is 0 Å². The Kier molecular flexibility index (Phi) is 6.25. The Morgan fingerprint density at radius 1 is 1.07 bits per heavy atom. The lowest BCUT2D eigenvalue weighted by atomic mass is 9.79. The van der Waals surface area contributed by atoms with Crippen LogP contribution in [-0.2, 0) is 22.4 Å². The number of carbonyl (C=O) groups is 2. The summed E-state index contributed by atoms with van der Waals surface area (Å²) in [5.41, 5.74) is 4.28. The molecule has 148 valence electrons. The van der Waals surface area contributed by atoms with Gasteiger partial charge in [-0.15, -0.1) is 0 Å². The highest BCUT2D eigenvalue weighted by atomic mass is 35.5. The molecule has 1 aliphatic carbocycles. The molecule has 0 bridgehead atoms. The maximum atomic E-state index is 12.4. The summed E-state index contributed by atoms with van der Waals surface area (Å²) in [7, 11) is 3.25. The van der Waals surface area contributed by atoms with E-state index in [2.05, 4.69) is 12.1 Å². The molecular formula is C22H24ClNO4. The van der Waals surface area contributed by atoms with Crippen molar-refractivity contribution in [3.63, 3.8) is 0 Å². The van der Waals surface area contributed by atoms with E-state index in [9.17, 15) is 9.59 Å². The van der Waals surface area contributed by atoms with Crippen LogP contribution in [0.2, 0.25) is 0 Å². The van der Waals surface area contributed by atoms with Gasteiger partial charge >= 0.3 is 11.1 Å². The fraction of sp³-hybridized carbons (Fsp3) is 0.364. The SMILES string of the molecule is CCN(C(=O)C(=O)Cl)c1cc(OC)ccc1C1CCc2cc(OC)ccc2C1. The van der Waals surface area contributed by atoms with Gasteiger partial charge in [0, 0.05) is 12.6 Å². The molecule has 1 unspecified atom stereocenters. The van der Waals surface area contributed by atoms with Crippen molar-refractivity contribution in [2.24, 2.45) is 0 Å². The van der Waals surface area contributed by atoms with Crippen LogP contribution in [0.3, 0.4) is 0 Å². The fourth-order valence-electron chi connectivity index (χ4n) is 3.88. The fourth-order valence-corrected chi connectivity index (χ4v) is 3.98. The third kappa shape index (κ3) is 3.99. The Morgan fingerprint density at radius 2 is 1.75 bits per heavy atom. The average molecular weight is 402 g/mol. The van der Waals surface area contributed by atoms with E-state index >= 15 is 0 Å². The number of rotatable bonds is 6.